The van der Waals surface area contributed by atoms with Gasteiger partial charge < -0.3 is 9.59 Å². The van der Waals surface area contributed by atoms with E-state index in [1.54, 1.807) is 0 Å². The van der Waals surface area contributed by atoms with E-state index in [9.17, 15) is 5.11 Å². The number of hydrogen-bond donors (Lipinski definition) is 1. The summed E-state index contributed by atoms with van der Waals surface area (Å²) in [4.78, 5) is 0. The largest absolute Gasteiger partial charge is 0.393 e. The highest BCUT2D eigenvalue weighted by atomic mass is 16.3. The Labute approximate surface area is 156 Å². The summed E-state index contributed by atoms with van der Waals surface area (Å²) < 4.78 is 1.22. The van der Waals surface area contributed by atoms with Crippen LogP contribution in [-0.4, -0.2) is 42.4 Å². The molecule has 0 unspecified atom stereocenters. The van der Waals surface area contributed by atoms with E-state index in [0.717, 1.165) is 42.6 Å². The summed E-state index contributed by atoms with van der Waals surface area (Å²) in [6.45, 7) is 8.92. The molecule has 2 nitrogen and oxygen atoms in total. The molecule has 0 aromatic rings. The maximum absolute atomic E-state index is 10.2. The van der Waals surface area contributed by atoms with E-state index in [-0.39, 0.29) is 6.10 Å². The smallest absolute Gasteiger partial charge is 0.0943 e. The van der Waals surface area contributed by atoms with Crippen molar-refractivity contribution in [2.75, 3.05) is 20.6 Å². The van der Waals surface area contributed by atoms with Crippen LogP contribution >= 0.6 is 0 Å². The van der Waals surface area contributed by atoms with Crippen LogP contribution in [0.5, 0.6) is 0 Å². The van der Waals surface area contributed by atoms with Gasteiger partial charge in [-0.2, -0.15) is 0 Å². The number of nitrogens with zero attached hydrogens (tertiary/aromatic N) is 1. The zero-order valence-electron chi connectivity index (χ0n) is 17.4. The Balaban J connectivity index is 1.60. The number of hydrogen-bond acceptors (Lipinski definition) is 1. The van der Waals surface area contributed by atoms with Crippen molar-refractivity contribution < 1.29 is 9.59 Å². The van der Waals surface area contributed by atoms with E-state index in [2.05, 4.69) is 34.9 Å². The molecule has 4 aliphatic rings. The van der Waals surface area contributed by atoms with Crippen LogP contribution in [0.1, 0.15) is 78.6 Å². The molecular weight excluding hydrogens is 306 g/mol. The molecule has 0 saturated heterocycles. The predicted octanol–water partition coefficient (Wildman–Crippen LogP) is 4.85. The number of quaternary nitrogens is 1. The highest BCUT2D eigenvalue weighted by Crippen LogP contribution is 2.67. The number of aliphatic hydroxyl groups is 1. The highest BCUT2D eigenvalue weighted by Gasteiger charge is 2.62. The van der Waals surface area contributed by atoms with Crippen molar-refractivity contribution in [2.45, 2.75) is 90.7 Å². The van der Waals surface area contributed by atoms with Crippen LogP contribution < -0.4 is 0 Å². The summed E-state index contributed by atoms with van der Waals surface area (Å²) >= 11 is 0. The second-order valence-electron chi connectivity index (χ2n) is 11.3. The quantitative estimate of drug-likeness (QED) is 0.707. The lowest BCUT2D eigenvalue weighted by atomic mass is 9.45. The van der Waals surface area contributed by atoms with Crippen molar-refractivity contribution in [1.82, 2.24) is 0 Å². The average molecular weight is 349 g/mol. The second kappa shape index (κ2) is 5.96. The summed E-state index contributed by atoms with van der Waals surface area (Å²) in [5.41, 5.74) is 1.09. The lowest BCUT2D eigenvalue weighted by Crippen LogP contribution is -2.59. The molecule has 25 heavy (non-hydrogen) atoms. The SMILES string of the molecule is CC[N+](C)(C)[C@H]1CC[C@H]2[C@@H]3CC[C@H]4C[C@@H](O)CC[C@]4(C)[C@H]3CC[C@@]21C. The normalized spacial score (nSPS) is 53.0. The van der Waals surface area contributed by atoms with Gasteiger partial charge in [-0.15, -0.1) is 0 Å². The molecule has 0 aromatic heterocycles. The van der Waals surface area contributed by atoms with E-state index in [1.807, 2.05) is 0 Å². The number of aliphatic hydroxyl groups excluding tert-OH is 1. The Morgan fingerprint density at radius 3 is 2.28 bits per heavy atom. The van der Waals surface area contributed by atoms with Gasteiger partial charge in [0.25, 0.3) is 0 Å². The third-order valence-electron chi connectivity index (χ3n) is 10.2. The third-order valence-corrected chi connectivity index (χ3v) is 10.2. The number of fused-ring (bicyclic) bond motifs is 5. The van der Waals surface area contributed by atoms with Crippen molar-refractivity contribution in [3.8, 4) is 0 Å². The first-order valence-electron chi connectivity index (χ1n) is 11.2. The summed E-state index contributed by atoms with van der Waals surface area (Å²) in [5, 5.41) is 10.2. The fraction of sp³-hybridized carbons (Fsp3) is 1.00. The Bertz CT molecular complexity index is 516. The Morgan fingerprint density at radius 2 is 1.56 bits per heavy atom. The zero-order chi connectivity index (χ0) is 18.0. The van der Waals surface area contributed by atoms with Gasteiger partial charge in [-0.1, -0.05) is 13.8 Å². The summed E-state index contributed by atoms with van der Waals surface area (Å²) in [5.74, 6) is 3.66. The molecule has 4 rings (SSSR count). The minimum atomic E-state index is -0.0120. The van der Waals surface area contributed by atoms with Gasteiger partial charge in [0.05, 0.1) is 32.8 Å². The predicted molar refractivity (Wildman–Crippen MR) is 104 cm³/mol. The van der Waals surface area contributed by atoms with E-state index in [4.69, 9.17) is 0 Å². The zero-order valence-corrected chi connectivity index (χ0v) is 17.4. The first-order chi connectivity index (χ1) is 11.7. The van der Waals surface area contributed by atoms with Crippen LogP contribution in [0, 0.1) is 34.5 Å². The van der Waals surface area contributed by atoms with E-state index >= 15 is 0 Å². The Kier molecular flexibility index (Phi) is 4.36. The van der Waals surface area contributed by atoms with Crippen LogP contribution in [-0.2, 0) is 0 Å². The minimum Gasteiger partial charge on any atom is -0.393 e. The van der Waals surface area contributed by atoms with E-state index in [1.165, 1.54) is 56.0 Å². The van der Waals surface area contributed by atoms with Crippen molar-refractivity contribution in [3.05, 3.63) is 0 Å². The van der Waals surface area contributed by atoms with Gasteiger partial charge in [-0.25, -0.2) is 0 Å². The van der Waals surface area contributed by atoms with Crippen molar-refractivity contribution in [3.63, 3.8) is 0 Å². The second-order valence-corrected chi connectivity index (χ2v) is 11.3. The molecule has 0 bridgehead atoms. The summed E-state index contributed by atoms with van der Waals surface area (Å²) in [7, 11) is 4.95. The van der Waals surface area contributed by atoms with E-state index in [0.29, 0.717) is 10.8 Å². The Hall–Kier alpha value is -0.0800. The average Bonchev–Trinajstić information content (AvgIpc) is 2.93. The minimum absolute atomic E-state index is 0.0120. The molecule has 0 radical (unpaired) electrons. The highest BCUT2D eigenvalue weighted by molar-refractivity contribution is 5.09. The molecule has 4 aliphatic carbocycles. The van der Waals surface area contributed by atoms with Crippen LogP contribution in [0.4, 0.5) is 0 Å². The molecule has 144 valence electrons. The molecule has 0 aliphatic heterocycles. The standard InChI is InChI=1S/C23H42NO/c1-6-24(4,5)21-10-9-19-18-8-7-16-15-17(25)11-13-22(16,2)20(18)12-14-23(19,21)3/h16-21,25H,6-15H2,1-5H3/q+1/t16-,17-,18-,19-,20-,21-,22-,23-/m0/s1. The molecular formula is C23H42NO+. The van der Waals surface area contributed by atoms with Gasteiger partial charge in [0.15, 0.2) is 0 Å². The lowest BCUT2D eigenvalue weighted by molar-refractivity contribution is -0.920. The molecule has 0 amide bonds. The first-order valence-corrected chi connectivity index (χ1v) is 11.2. The lowest BCUT2D eigenvalue weighted by Gasteiger charge is -2.61. The molecule has 0 heterocycles. The first kappa shape index (κ1) is 18.3. The van der Waals surface area contributed by atoms with Crippen molar-refractivity contribution in [2.24, 2.45) is 34.5 Å². The van der Waals surface area contributed by atoms with E-state index < -0.39 is 0 Å². The van der Waals surface area contributed by atoms with Crippen molar-refractivity contribution in [1.29, 1.82) is 0 Å². The van der Waals surface area contributed by atoms with Gasteiger partial charge in [0, 0.05) is 11.8 Å². The van der Waals surface area contributed by atoms with Crippen LogP contribution in [0.15, 0.2) is 0 Å². The van der Waals surface area contributed by atoms with Crippen LogP contribution in [0.3, 0.4) is 0 Å². The monoisotopic (exact) mass is 348 g/mol. The molecule has 8 atom stereocenters. The molecule has 0 aromatic carbocycles. The molecule has 0 spiro atoms. The van der Waals surface area contributed by atoms with Crippen molar-refractivity contribution >= 4 is 0 Å². The molecule has 4 saturated carbocycles. The third kappa shape index (κ3) is 2.57. The maximum Gasteiger partial charge on any atom is 0.0943 e. The molecule has 2 heteroatoms. The topological polar surface area (TPSA) is 20.2 Å². The maximum atomic E-state index is 10.2. The van der Waals surface area contributed by atoms with Gasteiger partial charge in [0.2, 0.25) is 0 Å². The Morgan fingerprint density at radius 1 is 0.880 bits per heavy atom. The summed E-state index contributed by atoms with van der Waals surface area (Å²) in [6.07, 6.45) is 12.1. The molecule has 1 N–H and O–H groups in total. The fourth-order valence-electron chi connectivity index (χ4n) is 8.58. The van der Waals surface area contributed by atoms with Crippen LogP contribution in [0.25, 0.3) is 0 Å². The van der Waals surface area contributed by atoms with Gasteiger partial charge in [-0.05, 0) is 87.4 Å². The number of rotatable bonds is 2. The molecule has 4 fully saturated rings. The fourth-order valence-corrected chi connectivity index (χ4v) is 8.58. The van der Waals surface area contributed by atoms with Gasteiger partial charge >= 0.3 is 0 Å². The summed E-state index contributed by atoms with van der Waals surface area (Å²) in [6, 6.07) is 0.863. The van der Waals surface area contributed by atoms with Crippen LogP contribution in [0.2, 0.25) is 0 Å². The van der Waals surface area contributed by atoms with Gasteiger partial charge in [-0.3, -0.25) is 0 Å². The van der Waals surface area contributed by atoms with Gasteiger partial charge in [0.1, 0.15) is 0 Å².